The summed E-state index contributed by atoms with van der Waals surface area (Å²) in [7, 11) is 0. The van der Waals surface area contributed by atoms with Crippen LogP contribution in [-0.2, 0) is 4.79 Å². The van der Waals surface area contributed by atoms with Crippen molar-refractivity contribution in [2.75, 3.05) is 5.32 Å². The number of hydrogen-bond acceptors (Lipinski definition) is 5. The Morgan fingerprint density at radius 2 is 2.00 bits per heavy atom. The van der Waals surface area contributed by atoms with E-state index in [4.69, 9.17) is 4.74 Å². The third-order valence-electron chi connectivity index (χ3n) is 3.22. The molecule has 23 heavy (non-hydrogen) atoms. The normalized spacial score (nSPS) is 11.0. The average Bonchev–Trinajstić information content (AvgIpc) is 2.97. The summed E-state index contributed by atoms with van der Waals surface area (Å²) in [5.74, 6) is 1.57. The van der Waals surface area contributed by atoms with Crippen molar-refractivity contribution >= 4 is 17.4 Å². The van der Waals surface area contributed by atoms with Crippen molar-refractivity contribution in [3.8, 4) is 11.6 Å². The predicted octanol–water partition coefficient (Wildman–Crippen LogP) is 2.82. The van der Waals surface area contributed by atoms with Gasteiger partial charge in [-0.25, -0.2) is 4.98 Å². The number of hydrogen-bond donors (Lipinski definition) is 1. The third-order valence-corrected chi connectivity index (χ3v) is 3.22. The molecule has 0 bridgehead atoms. The summed E-state index contributed by atoms with van der Waals surface area (Å²) in [5.41, 5.74) is 1.52. The van der Waals surface area contributed by atoms with E-state index in [2.05, 4.69) is 20.4 Å². The van der Waals surface area contributed by atoms with Gasteiger partial charge in [0.1, 0.15) is 12.1 Å². The van der Waals surface area contributed by atoms with Crippen LogP contribution in [0.15, 0.2) is 36.7 Å². The first kappa shape index (κ1) is 15.0. The van der Waals surface area contributed by atoms with E-state index in [1.807, 2.05) is 20.8 Å². The Morgan fingerprint density at radius 1 is 1.26 bits per heavy atom. The van der Waals surface area contributed by atoms with Crippen LogP contribution in [0.2, 0.25) is 0 Å². The Morgan fingerprint density at radius 3 is 2.70 bits per heavy atom. The Kier molecular flexibility index (Phi) is 3.92. The van der Waals surface area contributed by atoms with Crippen LogP contribution in [0.25, 0.3) is 5.78 Å². The average molecular weight is 311 g/mol. The number of aryl methyl sites for hydroxylation is 1. The highest BCUT2D eigenvalue weighted by molar-refractivity contribution is 5.92. The van der Waals surface area contributed by atoms with Gasteiger partial charge in [0.2, 0.25) is 11.8 Å². The summed E-state index contributed by atoms with van der Waals surface area (Å²) in [4.78, 5) is 20.0. The first-order valence-electron chi connectivity index (χ1n) is 7.29. The zero-order valence-corrected chi connectivity index (χ0v) is 13.1. The molecule has 7 heteroatoms. The van der Waals surface area contributed by atoms with Gasteiger partial charge in [-0.1, -0.05) is 13.8 Å². The summed E-state index contributed by atoms with van der Waals surface area (Å²) < 4.78 is 7.38. The molecule has 0 spiro atoms. The second-order valence-corrected chi connectivity index (χ2v) is 5.48. The second kappa shape index (κ2) is 6.04. The lowest BCUT2D eigenvalue weighted by Crippen LogP contribution is -2.17. The number of aromatic nitrogens is 4. The quantitative estimate of drug-likeness (QED) is 0.801. The maximum Gasteiger partial charge on any atom is 0.255 e. The molecule has 0 saturated heterocycles. The fraction of sp³-hybridized carbons (Fsp3) is 0.250. The number of carbonyl (C=O) groups is 1. The molecule has 3 aromatic rings. The van der Waals surface area contributed by atoms with E-state index in [9.17, 15) is 4.79 Å². The molecule has 1 N–H and O–H groups in total. The van der Waals surface area contributed by atoms with E-state index in [0.717, 1.165) is 11.4 Å². The Hall–Kier alpha value is -2.96. The highest BCUT2D eigenvalue weighted by Crippen LogP contribution is 2.23. The van der Waals surface area contributed by atoms with Gasteiger partial charge in [-0.05, 0) is 31.2 Å². The molecule has 0 aliphatic heterocycles. The molecule has 2 aromatic heterocycles. The molecular formula is C16H17N5O2. The molecule has 0 radical (unpaired) electrons. The molecule has 0 aliphatic rings. The number of nitrogens with zero attached hydrogens (tertiary/aromatic N) is 4. The van der Waals surface area contributed by atoms with Gasteiger partial charge in [-0.15, -0.1) is 0 Å². The first-order valence-corrected chi connectivity index (χ1v) is 7.29. The van der Waals surface area contributed by atoms with E-state index < -0.39 is 0 Å². The van der Waals surface area contributed by atoms with E-state index in [1.165, 1.54) is 10.8 Å². The fourth-order valence-electron chi connectivity index (χ4n) is 1.98. The minimum Gasteiger partial charge on any atom is -0.439 e. The van der Waals surface area contributed by atoms with Crippen LogP contribution in [0.1, 0.15) is 19.5 Å². The molecule has 0 unspecified atom stereocenters. The van der Waals surface area contributed by atoms with Crippen molar-refractivity contribution < 1.29 is 9.53 Å². The summed E-state index contributed by atoms with van der Waals surface area (Å²) in [6, 6.07) is 8.95. The SMILES string of the molecule is Cc1cc(Oc2ccc(NC(=O)C(C)C)cc2)n2ncnc2n1. The lowest BCUT2D eigenvalue weighted by Gasteiger charge is -2.10. The van der Waals surface area contributed by atoms with E-state index in [0.29, 0.717) is 17.4 Å². The second-order valence-electron chi connectivity index (χ2n) is 5.48. The van der Waals surface area contributed by atoms with Gasteiger partial charge in [0.05, 0.1) is 0 Å². The third kappa shape index (κ3) is 3.28. The van der Waals surface area contributed by atoms with Crippen molar-refractivity contribution in [1.82, 2.24) is 19.6 Å². The molecule has 1 aromatic carbocycles. The largest absolute Gasteiger partial charge is 0.439 e. The van der Waals surface area contributed by atoms with Gasteiger partial charge >= 0.3 is 0 Å². The molecule has 0 saturated carbocycles. The van der Waals surface area contributed by atoms with Gasteiger partial charge in [-0.2, -0.15) is 14.6 Å². The summed E-state index contributed by atoms with van der Waals surface area (Å²) in [5, 5.41) is 6.93. The zero-order chi connectivity index (χ0) is 16.4. The number of rotatable bonds is 4. The van der Waals surface area contributed by atoms with Crippen LogP contribution in [0, 0.1) is 12.8 Å². The topological polar surface area (TPSA) is 81.4 Å². The molecular weight excluding hydrogens is 294 g/mol. The van der Waals surface area contributed by atoms with Crippen molar-refractivity contribution in [3.63, 3.8) is 0 Å². The van der Waals surface area contributed by atoms with Crippen molar-refractivity contribution in [2.24, 2.45) is 5.92 Å². The molecule has 0 aliphatic carbocycles. The number of benzene rings is 1. The predicted molar refractivity (Wildman–Crippen MR) is 85.5 cm³/mol. The molecule has 2 heterocycles. The van der Waals surface area contributed by atoms with Crippen LogP contribution < -0.4 is 10.1 Å². The number of nitrogens with one attached hydrogen (secondary N) is 1. The lowest BCUT2D eigenvalue weighted by molar-refractivity contribution is -0.118. The van der Waals surface area contributed by atoms with Crippen LogP contribution >= 0.6 is 0 Å². The van der Waals surface area contributed by atoms with Gasteiger partial charge in [0, 0.05) is 23.4 Å². The Balaban J connectivity index is 1.80. The molecule has 3 rings (SSSR count). The minimum atomic E-state index is -0.0636. The van der Waals surface area contributed by atoms with Crippen LogP contribution in [0.5, 0.6) is 11.6 Å². The van der Waals surface area contributed by atoms with Gasteiger partial charge < -0.3 is 10.1 Å². The van der Waals surface area contributed by atoms with E-state index in [1.54, 1.807) is 30.3 Å². The van der Waals surface area contributed by atoms with Crippen LogP contribution in [0.3, 0.4) is 0 Å². The smallest absolute Gasteiger partial charge is 0.255 e. The minimum absolute atomic E-state index is 0.0206. The number of carbonyl (C=O) groups excluding carboxylic acids is 1. The molecule has 7 nitrogen and oxygen atoms in total. The first-order chi connectivity index (χ1) is 11.0. The lowest BCUT2D eigenvalue weighted by atomic mass is 10.2. The fourth-order valence-corrected chi connectivity index (χ4v) is 1.98. The summed E-state index contributed by atoms with van der Waals surface area (Å²) in [6.45, 7) is 5.57. The zero-order valence-electron chi connectivity index (χ0n) is 13.1. The Labute approximate surface area is 133 Å². The van der Waals surface area contributed by atoms with E-state index in [-0.39, 0.29) is 11.8 Å². The summed E-state index contributed by atoms with van der Waals surface area (Å²) in [6.07, 6.45) is 1.43. The molecule has 118 valence electrons. The summed E-state index contributed by atoms with van der Waals surface area (Å²) >= 11 is 0. The highest BCUT2D eigenvalue weighted by atomic mass is 16.5. The monoisotopic (exact) mass is 311 g/mol. The van der Waals surface area contributed by atoms with Crippen LogP contribution in [-0.4, -0.2) is 25.5 Å². The number of ether oxygens (including phenoxy) is 1. The molecule has 0 atom stereocenters. The van der Waals surface area contributed by atoms with Gasteiger partial charge in [0.25, 0.3) is 5.78 Å². The van der Waals surface area contributed by atoms with Crippen molar-refractivity contribution in [2.45, 2.75) is 20.8 Å². The number of amides is 1. The number of fused-ring (bicyclic) bond motifs is 1. The van der Waals surface area contributed by atoms with Crippen LogP contribution in [0.4, 0.5) is 5.69 Å². The highest BCUT2D eigenvalue weighted by Gasteiger charge is 2.09. The number of anilines is 1. The van der Waals surface area contributed by atoms with E-state index >= 15 is 0 Å². The Bertz CT molecular complexity index is 839. The van der Waals surface area contributed by atoms with Crippen molar-refractivity contribution in [3.05, 3.63) is 42.4 Å². The standard InChI is InChI=1S/C16H17N5O2/c1-10(2)15(22)20-12-4-6-13(7-5-12)23-14-8-11(3)19-16-17-9-18-21(14)16/h4-10H,1-3H3,(H,20,22). The van der Waals surface area contributed by atoms with Crippen molar-refractivity contribution in [1.29, 1.82) is 0 Å². The molecule has 0 fully saturated rings. The van der Waals surface area contributed by atoms with Gasteiger partial charge in [0.15, 0.2) is 0 Å². The molecule has 1 amide bonds. The maximum absolute atomic E-state index is 11.7. The van der Waals surface area contributed by atoms with Gasteiger partial charge in [-0.3, -0.25) is 4.79 Å². The maximum atomic E-state index is 11.7.